The summed E-state index contributed by atoms with van der Waals surface area (Å²) >= 11 is 12.4. The Hall–Kier alpha value is -3.35. The van der Waals surface area contributed by atoms with Gasteiger partial charge in [-0.05, 0) is 48.0 Å². The van der Waals surface area contributed by atoms with Crippen LogP contribution in [-0.4, -0.2) is 27.2 Å². The number of amides is 1. The number of nitrogens with one attached hydrogen (secondary N) is 1. The second-order valence-corrected chi connectivity index (χ2v) is 7.60. The van der Waals surface area contributed by atoms with Crippen molar-refractivity contribution in [3.05, 3.63) is 81.8 Å². The van der Waals surface area contributed by atoms with Gasteiger partial charge in [0.05, 0.1) is 27.0 Å². The number of benzene rings is 3. The van der Waals surface area contributed by atoms with Crippen LogP contribution in [0.5, 0.6) is 23.0 Å². The van der Waals surface area contributed by atoms with Crippen LogP contribution in [0.4, 0.5) is 5.69 Å². The normalized spacial score (nSPS) is 10.7. The fourth-order valence-corrected chi connectivity index (χ4v) is 3.49. The van der Waals surface area contributed by atoms with Crippen molar-refractivity contribution in [2.45, 2.75) is 6.61 Å². The number of carbonyl (C=O) groups excluding carboxylic acids is 1. The van der Waals surface area contributed by atoms with Crippen molar-refractivity contribution >= 4 is 40.9 Å². The molecular weight excluding hydrogens is 465 g/mol. The summed E-state index contributed by atoms with van der Waals surface area (Å²) in [5.74, 6) is 1.84. The van der Waals surface area contributed by atoms with Crippen molar-refractivity contribution in [2.24, 2.45) is 0 Å². The van der Waals surface area contributed by atoms with E-state index in [9.17, 15) is 4.79 Å². The highest BCUT2D eigenvalue weighted by atomic mass is 35.5. The summed E-state index contributed by atoms with van der Waals surface area (Å²) < 4.78 is 21.8. The first-order valence-electron chi connectivity index (χ1n) is 9.90. The Balaban J connectivity index is 1.70. The molecule has 0 aliphatic rings. The van der Waals surface area contributed by atoms with Crippen LogP contribution in [0.3, 0.4) is 0 Å². The van der Waals surface area contributed by atoms with E-state index in [2.05, 4.69) is 5.32 Å². The van der Waals surface area contributed by atoms with Crippen molar-refractivity contribution in [2.75, 3.05) is 26.6 Å². The molecule has 6 nitrogen and oxygen atoms in total. The van der Waals surface area contributed by atoms with E-state index in [0.29, 0.717) is 44.3 Å². The van der Waals surface area contributed by atoms with Crippen LogP contribution in [0.2, 0.25) is 10.0 Å². The molecule has 0 heterocycles. The van der Waals surface area contributed by atoms with Gasteiger partial charge in [0.15, 0.2) is 11.5 Å². The van der Waals surface area contributed by atoms with Crippen LogP contribution < -0.4 is 24.3 Å². The Labute approximate surface area is 202 Å². The highest BCUT2D eigenvalue weighted by Crippen LogP contribution is 2.32. The van der Waals surface area contributed by atoms with Crippen molar-refractivity contribution < 1.29 is 23.7 Å². The molecule has 0 aromatic heterocycles. The summed E-state index contributed by atoms with van der Waals surface area (Å²) in [4.78, 5) is 12.4. The molecule has 0 unspecified atom stereocenters. The number of hydrogen-bond acceptors (Lipinski definition) is 5. The van der Waals surface area contributed by atoms with Crippen molar-refractivity contribution in [3.63, 3.8) is 0 Å². The minimum absolute atomic E-state index is 0.189. The maximum Gasteiger partial charge on any atom is 0.248 e. The molecule has 0 aliphatic heterocycles. The second-order valence-electron chi connectivity index (χ2n) is 6.79. The number of ether oxygens (including phenoxy) is 4. The Morgan fingerprint density at radius 1 is 0.879 bits per heavy atom. The predicted molar refractivity (Wildman–Crippen MR) is 131 cm³/mol. The van der Waals surface area contributed by atoms with Crippen LogP contribution in [0, 0.1) is 0 Å². The Kier molecular flexibility index (Phi) is 8.46. The Morgan fingerprint density at radius 3 is 2.24 bits per heavy atom. The van der Waals surface area contributed by atoms with Gasteiger partial charge in [-0.25, -0.2) is 0 Å². The van der Waals surface area contributed by atoms with Crippen LogP contribution in [0.1, 0.15) is 11.1 Å². The molecule has 0 bridgehead atoms. The first kappa shape index (κ1) is 24.3. The zero-order chi connectivity index (χ0) is 23.8. The highest BCUT2D eigenvalue weighted by molar-refractivity contribution is 6.35. The van der Waals surface area contributed by atoms with Crippen LogP contribution in [0.25, 0.3) is 6.08 Å². The Morgan fingerprint density at radius 2 is 1.58 bits per heavy atom. The summed E-state index contributed by atoms with van der Waals surface area (Å²) in [7, 11) is 4.62. The van der Waals surface area contributed by atoms with E-state index in [1.807, 2.05) is 6.07 Å². The molecule has 0 saturated heterocycles. The summed E-state index contributed by atoms with van der Waals surface area (Å²) in [6, 6.07) is 15.8. The molecule has 3 aromatic carbocycles. The lowest BCUT2D eigenvalue weighted by Crippen LogP contribution is -2.09. The third-order valence-electron chi connectivity index (χ3n) is 4.71. The molecule has 0 aliphatic carbocycles. The fourth-order valence-electron chi connectivity index (χ4n) is 2.99. The number of rotatable bonds is 9. The highest BCUT2D eigenvalue weighted by Gasteiger charge is 2.11. The standard InChI is InChI=1S/C25H23Cl2NO5/c1-30-17-9-11-22(31-2)21(14-17)28-25(29)12-8-16-7-10-23(24(13-16)32-3)33-15-18-19(26)5-4-6-20(18)27/h4-14H,15H2,1-3H3,(H,28,29). The summed E-state index contributed by atoms with van der Waals surface area (Å²) in [6.07, 6.45) is 3.08. The molecule has 1 amide bonds. The van der Waals surface area contributed by atoms with Crippen LogP contribution in [0.15, 0.2) is 60.7 Å². The van der Waals surface area contributed by atoms with Crippen LogP contribution in [-0.2, 0) is 11.4 Å². The van der Waals surface area contributed by atoms with Gasteiger partial charge in [-0.1, -0.05) is 35.3 Å². The predicted octanol–water partition coefficient (Wildman–Crippen LogP) is 6.25. The number of halogens is 2. The third-order valence-corrected chi connectivity index (χ3v) is 5.42. The maximum atomic E-state index is 12.4. The van der Waals surface area contributed by atoms with Gasteiger partial charge in [-0.15, -0.1) is 0 Å². The minimum atomic E-state index is -0.325. The molecule has 33 heavy (non-hydrogen) atoms. The molecule has 0 spiro atoms. The average Bonchev–Trinajstić information content (AvgIpc) is 2.82. The molecule has 0 atom stereocenters. The fraction of sp³-hybridized carbons (Fsp3) is 0.160. The zero-order valence-electron chi connectivity index (χ0n) is 18.4. The molecular formula is C25H23Cl2NO5. The molecule has 8 heteroatoms. The van der Waals surface area contributed by atoms with E-state index in [1.54, 1.807) is 68.8 Å². The molecule has 3 aromatic rings. The first-order valence-corrected chi connectivity index (χ1v) is 10.7. The minimum Gasteiger partial charge on any atom is -0.497 e. The third kappa shape index (κ3) is 6.34. The summed E-state index contributed by atoms with van der Waals surface area (Å²) in [5, 5.41) is 3.84. The van der Waals surface area contributed by atoms with E-state index in [4.69, 9.17) is 42.1 Å². The Bertz CT molecular complexity index is 1140. The monoisotopic (exact) mass is 487 g/mol. The maximum absolute atomic E-state index is 12.4. The zero-order valence-corrected chi connectivity index (χ0v) is 19.9. The number of methoxy groups -OCH3 is 3. The van der Waals surface area contributed by atoms with Crippen molar-refractivity contribution in [1.29, 1.82) is 0 Å². The lowest BCUT2D eigenvalue weighted by molar-refractivity contribution is -0.111. The van der Waals surface area contributed by atoms with Gasteiger partial charge < -0.3 is 24.3 Å². The first-order chi connectivity index (χ1) is 15.9. The number of carbonyl (C=O) groups is 1. The molecule has 0 fully saturated rings. The number of anilines is 1. The average molecular weight is 488 g/mol. The number of hydrogen-bond donors (Lipinski definition) is 1. The van der Waals surface area contributed by atoms with Gasteiger partial charge in [-0.3, -0.25) is 4.79 Å². The van der Waals surface area contributed by atoms with E-state index in [1.165, 1.54) is 13.2 Å². The summed E-state index contributed by atoms with van der Waals surface area (Å²) in [5.41, 5.74) is 1.95. The molecule has 1 N–H and O–H groups in total. The van der Waals surface area contributed by atoms with E-state index >= 15 is 0 Å². The van der Waals surface area contributed by atoms with E-state index < -0.39 is 0 Å². The van der Waals surface area contributed by atoms with Crippen molar-refractivity contribution in [3.8, 4) is 23.0 Å². The SMILES string of the molecule is COc1ccc(OC)c(NC(=O)C=Cc2ccc(OCc3c(Cl)cccc3Cl)c(OC)c2)c1. The van der Waals surface area contributed by atoms with E-state index in [0.717, 1.165) is 5.56 Å². The quantitative estimate of drug-likeness (QED) is 0.361. The topological polar surface area (TPSA) is 66.0 Å². The van der Waals surface area contributed by atoms with Gasteiger partial charge in [0.25, 0.3) is 0 Å². The van der Waals surface area contributed by atoms with Crippen LogP contribution >= 0.6 is 23.2 Å². The van der Waals surface area contributed by atoms with Gasteiger partial charge in [0.1, 0.15) is 18.1 Å². The molecule has 0 radical (unpaired) electrons. The molecule has 3 rings (SSSR count). The lowest BCUT2D eigenvalue weighted by atomic mass is 10.2. The van der Waals surface area contributed by atoms with Gasteiger partial charge in [-0.2, -0.15) is 0 Å². The van der Waals surface area contributed by atoms with Crippen molar-refractivity contribution in [1.82, 2.24) is 0 Å². The van der Waals surface area contributed by atoms with Gasteiger partial charge >= 0.3 is 0 Å². The molecule has 0 saturated carbocycles. The smallest absolute Gasteiger partial charge is 0.248 e. The largest absolute Gasteiger partial charge is 0.497 e. The lowest BCUT2D eigenvalue weighted by Gasteiger charge is -2.13. The summed E-state index contributed by atoms with van der Waals surface area (Å²) in [6.45, 7) is 0.189. The van der Waals surface area contributed by atoms with E-state index in [-0.39, 0.29) is 12.5 Å². The second kappa shape index (κ2) is 11.5. The van der Waals surface area contributed by atoms with Gasteiger partial charge in [0.2, 0.25) is 5.91 Å². The molecule has 172 valence electrons. The van der Waals surface area contributed by atoms with Gasteiger partial charge in [0, 0.05) is 27.8 Å².